The van der Waals surface area contributed by atoms with Crippen LogP contribution in [0.1, 0.15) is 130 Å². The monoisotopic (exact) mass is 366 g/mol. The van der Waals surface area contributed by atoms with Crippen LogP contribution in [-0.4, -0.2) is 13.2 Å². The molecule has 1 aliphatic rings. The largest absolute Gasteiger partial charge is 0.381 e. The second-order valence-corrected chi connectivity index (χ2v) is 10.1. The van der Waals surface area contributed by atoms with Gasteiger partial charge in [0.25, 0.3) is 0 Å². The molecule has 1 rings (SSSR count). The Hall–Kier alpha value is -0.0400. The summed E-state index contributed by atoms with van der Waals surface area (Å²) in [5, 5.41) is 0. The Kier molecular flexibility index (Phi) is 13.8. The van der Waals surface area contributed by atoms with Crippen LogP contribution in [0.2, 0.25) is 0 Å². The summed E-state index contributed by atoms with van der Waals surface area (Å²) in [5.41, 5.74) is 0.412. The van der Waals surface area contributed by atoms with Gasteiger partial charge in [-0.1, -0.05) is 111 Å². The van der Waals surface area contributed by atoms with Crippen molar-refractivity contribution < 1.29 is 4.74 Å². The lowest BCUT2D eigenvalue weighted by atomic mass is 9.93. The Labute approximate surface area is 166 Å². The molecule has 0 radical (unpaired) electrons. The van der Waals surface area contributed by atoms with E-state index in [-0.39, 0.29) is 0 Å². The van der Waals surface area contributed by atoms with E-state index in [1.54, 1.807) is 6.42 Å². The maximum Gasteiger partial charge on any atom is 0.0471 e. The number of ether oxygens (including phenoxy) is 1. The summed E-state index contributed by atoms with van der Waals surface area (Å²) in [4.78, 5) is 0. The molecule has 26 heavy (non-hydrogen) atoms. The van der Waals surface area contributed by atoms with Crippen LogP contribution in [0, 0.1) is 17.3 Å². The first-order chi connectivity index (χ1) is 12.5. The van der Waals surface area contributed by atoms with Gasteiger partial charge < -0.3 is 4.74 Å². The molecule has 1 saturated carbocycles. The summed E-state index contributed by atoms with van der Waals surface area (Å²) >= 11 is 0. The van der Waals surface area contributed by atoms with E-state index in [0.717, 1.165) is 25.0 Å². The Morgan fingerprint density at radius 1 is 0.654 bits per heavy atom. The minimum atomic E-state index is 0.412. The first-order valence-corrected chi connectivity index (χ1v) is 12.1. The van der Waals surface area contributed by atoms with Gasteiger partial charge in [0.2, 0.25) is 0 Å². The Morgan fingerprint density at radius 3 is 1.69 bits per heavy atom. The van der Waals surface area contributed by atoms with Crippen molar-refractivity contribution in [3.63, 3.8) is 0 Å². The third-order valence-corrected chi connectivity index (χ3v) is 6.11. The Morgan fingerprint density at radius 2 is 1.15 bits per heavy atom. The average molecular weight is 367 g/mol. The SMILES string of the molecule is CCCCCCCCCCC1CC1CCCCCCOCCC(C)(C)C. The van der Waals surface area contributed by atoms with Gasteiger partial charge in [-0.2, -0.15) is 0 Å². The van der Waals surface area contributed by atoms with Crippen LogP contribution in [0.3, 0.4) is 0 Å². The molecule has 0 amide bonds. The fraction of sp³-hybridized carbons (Fsp3) is 1.00. The predicted octanol–water partition coefficient (Wildman–Crippen LogP) is 8.56. The molecule has 2 atom stereocenters. The van der Waals surface area contributed by atoms with Gasteiger partial charge in [0.15, 0.2) is 0 Å². The molecule has 0 aromatic heterocycles. The highest BCUT2D eigenvalue weighted by Crippen LogP contribution is 2.45. The second-order valence-electron chi connectivity index (χ2n) is 10.1. The van der Waals surface area contributed by atoms with Gasteiger partial charge >= 0.3 is 0 Å². The topological polar surface area (TPSA) is 9.23 Å². The van der Waals surface area contributed by atoms with Crippen molar-refractivity contribution in [2.45, 2.75) is 130 Å². The highest BCUT2D eigenvalue weighted by molar-refractivity contribution is 4.85. The van der Waals surface area contributed by atoms with Crippen LogP contribution in [0.5, 0.6) is 0 Å². The first kappa shape index (κ1) is 24.0. The fourth-order valence-electron chi connectivity index (χ4n) is 4.00. The average Bonchev–Trinajstić information content (AvgIpc) is 3.33. The molecule has 1 fully saturated rings. The molecule has 2 unspecified atom stereocenters. The summed E-state index contributed by atoms with van der Waals surface area (Å²) in [6.07, 6.45) is 23.0. The number of hydrogen-bond donors (Lipinski definition) is 0. The van der Waals surface area contributed by atoms with Gasteiger partial charge in [-0.05, 0) is 36.5 Å². The molecule has 0 aliphatic heterocycles. The molecular formula is C25H50O. The van der Waals surface area contributed by atoms with Gasteiger partial charge in [-0.3, -0.25) is 0 Å². The summed E-state index contributed by atoms with van der Waals surface area (Å²) in [6, 6.07) is 0. The third kappa shape index (κ3) is 15.1. The van der Waals surface area contributed by atoms with E-state index in [1.807, 2.05) is 0 Å². The lowest BCUT2D eigenvalue weighted by molar-refractivity contribution is 0.105. The van der Waals surface area contributed by atoms with Crippen molar-refractivity contribution in [2.75, 3.05) is 13.2 Å². The highest BCUT2D eigenvalue weighted by Gasteiger charge is 2.34. The van der Waals surface area contributed by atoms with Gasteiger partial charge in [0.05, 0.1) is 0 Å². The van der Waals surface area contributed by atoms with Gasteiger partial charge in [-0.25, -0.2) is 0 Å². The van der Waals surface area contributed by atoms with E-state index >= 15 is 0 Å². The normalized spacial score (nSPS) is 19.8. The lowest BCUT2D eigenvalue weighted by Crippen LogP contribution is -2.09. The van der Waals surface area contributed by atoms with Crippen molar-refractivity contribution >= 4 is 0 Å². The molecule has 0 N–H and O–H groups in total. The minimum absolute atomic E-state index is 0.412. The molecule has 1 heteroatoms. The standard InChI is InChI=1S/C25H50O/c1-5-6-7-8-9-10-11-14-17-23-22-24(23)18-15-12-13-16-20-26-21-19-25(2,3)4/h23-24H,5-22H2,1-4H3. The number of hydrogen-bond acceptors (Lipinski definition) is 1. The first-order valence-electron chi connectivity index (χ1n) is 12.1. The van der Waals surface area contributed by atoms with E-state index in [9.17, 15) is 0 Å². The zero-order valence-electron chi connectivity index (χ0n) is 18.8. The second kappa shape index (κ2) is 14.9. The third-order valence-electron chi connectivity index (χ3n) is 6.11. The van der Waals surface area contributed by atoms with Crippen LogP contribution in [0.25, 0.3) is 0 Å². The maximum atomic E-state index is 5.76. The van der Waals surface area contributed by atoms with Crippen molar-refractivity contribution in [1.82, 2.24) is 0 Å². The molecule has 0 aromatic rings. The van der Waals surface area contributed by atoms with Crippen molar-refractivity contribution in [1.29, 1.82) is 0 Å². The zero-order chi connectivity index (χ0) is 19.1. The molecule has 0 spiro atoms. The molecule has 1 nitrogen and oxygen atoms in total. The quantitative estimate of drug-likeness (QED) is 0.221. The Balaban J connectivity index is 1.74. The van der Waals surface area contributed by atoms with Crippen molar-refractivity contribution in [3.05, 3.63) is 0 Å². The van der Waals surface area contributed by atoms with E-state index in [1.165, 1.54) is 96.3 Å². The molecular weight excluding hydrogens is 316 g/mol. The van der Waals surface area contributed by atoms with Crippen LogP contribution in [0.15, 0.2) is 0 Å². The number of unbranched alkanes of at least 4 members (excludes halogenated alkanes) is 10. The van der Waals surface area contributed by atoms with E-state index in [0.29, 0.717) is 5.41 Å². The highest BCUT2D eigenvalue weighted by atomic mass is 16.5. The molecule has 0 bridgehead atoms. The molecule has 156 valence electrons. The van der Waals surface area contributed by atoms with Crippen LogP contribution in [-0.2, 0) is 4.74 Å². The molecule has 0 aromatic carbocycles. The predicted molar refractivity (Wildman–Crippen MR) is 117 cm³/mol. The molecule has 0 saturated heterocycles. The zero-order valence-corrected chi connectivity index (χ0v) is 18.8. The van der Waals surface area contributed by atoms with Crippen LogP contribution >= 0.6 is 0 Å². The fourth-order valence-corrected chi connectivity index (χ4v) is 4.00. The minimum Gasteiger partial charge on any atom is -0.381 e. The van der Waals surface area contributed by atoms with Crippen LogP contribution in [0.4, 0.5) is 0 Å². The summed E-state index contributed by atoms with van der Waals surface area (Å²) in [6.45, 7) is 11.1. The van der Waals surface area contributed by atoms with Crippen molar-refractivity contribution in [3.8, 4) is 0 Å². The van der Waals surface area contributed by atoms with Gasteiger partial charge in [0.1, 0.15) is 0 Å². The summed E-state index contributed by atoms with van der Waals surface area (Å²) in [7, 11) is 0. The van der Waals surface area contributed by atoms with Crippen molar-refractivity contribution in [2.24, 2.45) is 17.3 Å². The van der Waals surface area contributed by atoms with E-state index < -0.39 is 0 Å². The smallest absolute Gasteiger partial charge is 0.0471 e. The Bertz CT molecular complexity index is 304. The van der Waals surface area contributed by atoms with Crippen LogP contribution < -0.4 is 0 Å². The van der Waals surface area contributed by atoms with E-state index in [2.05, 4.69) is 27.7 Å². The maximum absolute atomic E-state index is 5.76. The molecule has 0 heterocycles. The summed E-state index contributed by atoms with van der Waals surface area (Å²) in [5.74, 6) is 2.21. The van der Waals surface area contributed by atoms with Gasteiger partial charge in [0, 0.05) is 13.2 Å². The molecule has 1 aliphatic carbocycles. The lowest BCUT2D eigenvalue weighted by Gasteiger charge is -2.17. The number of rotatable bonds is 18. The van der Waals surface area contributed by atoms with Gasteiger partial charge in [-0.15, -0.1) is 0 Å². The van der Waals surface area contributed by atoms with E-state index in [4.69, 9.17) is 4.74 Å². The summed E-state index contributed by atoms with van der Waals surface area (Å²) < 4.78 is 5.76.